The molecule has 1 aliphatic heterocycles. The summed E-state index contributed by atoms with van der Waals surface area (Å²) in [5, 5.41) is 9.71. The fourth-order valence-electron chi connectivity index (χ4n) is 3.37. The minimum absolute atomic E-state index is 0.0185. The van der Waals surface area contributed by atoms with Crippen molar-refractivity contribution in [2.75, 3.05) is 13.7 Å². The minimum Gasteiger partial charge on any atom is -0.496 e. The molecule has 0 radical (unpaired) electrons. The van der Waals surface area contributed by atoms with Crippen LogP contribution in [0.2, 0.25) is 0 Å². The molecule has 1 atom stereocenters. The monoisotopic (exact) mass is 394 g/mol. The van der Waals surface area contributed by atoms with Crippen molar-refractivity contribution in [3.63, 3.8) is 0 Å². The Morgan fingerprint density at radius 1 is 1.45 bits per heavy atom. The van der Waals surface area contributed by atoms with Crippen LogP contribution in [-0.4, -0.2) is 29.2 Å². The standard InChI is InChI=1S/C21H22N4O4/c1-4-28-21(26)18-13(2)29-20(23)16(10-22)19(18)14-5-6-17(27-3)15(9-14)11-25-8-7-24-12-25/h5-9,12,19H,4,11,23H2,1-3H3. The summed E-state index contributed by atoms with van der Waals surface area (Å²) < 4.78 is 18.0. The zero-order valence-corrected chi connectivity index (χ0v) is 16.5. The van der Waals surface area contributed by atoms with Crippen molar-refractivity contribution in [1.82, 2.24) is 9.55 Å². The first-order chi connectivity index (χ1) is 14.0. The Morgan fingerprint density at radius 2 is 2.24 bits per heavy atom. The number of aromatic nitrogens is 2. The molecule has 1 aromatic carbocycles. The van der Waals surface area contributed by atoms with Crippen molar-refractivity contribution in [1.29, 1.82) is 5.26 Å². The quantitative estimate of drug-likeness (QED) is 0.749. The molecular weight excluding hydrogens is 372 g/mol. The van der Waals surface area contributed by atoms with Crippen LogP contribution in [-0.2, 0) is 20.8 Å². The Bertz CT molecular complexity index is 1020. The van der Waals surface area contributed by atoms with Crippen LogP contribution in [0.5, 0.6) is 5.75 Å². The summed E-state index contributed by atoms with van der Waals surface area (Å²) in [6.45, 7) is 4.07. The average molecular weight is 394 g/mol. The van der Waals surface area contributed by atoms with Gasteiger partial charge in [0.15, 0.2) is 0 Å². The van der Waals surface area contributed by atoms with Gasteiger partial charge in [-0.3, -0.25) is 0 Å². The van der Waals surface area contributed by atoms with Gasteiger partial charge in [-0.2, -0.15) is 5.26 Å². The lowest BCUT2D eigenvalue weighted by atomic mass is 9.82. The molecular formula is C21H22N4O4. The van der Waals surface area contributed by atoms with E-state index in [1.165, 1.54) is 0 Å². The third-order valence-electron chi connectivity index (χ3n) is 4.65. The second-order valence-corrected chi connectivity index (χ2v) is 6.42. The predicted molar refractivity (Wildman–Crippen MR) is 104 cm³/mol. The van der Waals surface area contributed by atoms with Crippen molar-refractivity contribution >= 4 is 5.97 Å². The highest BCUT2D eigenvalue weighted by molar-refractivity contribution is 5.92. The molecule has 0 aliphatic carbocycles. The van der Waals surface area contributed by atoms with E-state index in [0.717, 1.165) is 5.56 Å². The number of imidazole rings is 1. The number of benzene rings is 1. The Hall–Kier alpha value is -3.73. The highest BCUT2D eigenvalue weighted by Crippen LogP contribution is 2.40. The van der Waals surface area contributed by atoms with Gasteiger partial charge < -0.3 is 24.5 Å². The van der Waals surface area contributed by atoms with Gasteiger partial charge in [0.1, 0.15) is 23.2 Å². The lowest BCUT2D eigenvalue weighted by Crippen LogP contribution is -2.25. The number of carbonyl (C=O) groups excluding carboxylic acids is 1. The number of nitrogens with two attached hydrogens (primary N) is 1. The summed E-state index contributed by atoms with van der Waals surface area (Å²) in [6.07, 6.45) is 5.23. The van der Waals surface area contributed by atoms with E-state index in [2.05, 4.69) is 11.1 Å². The Kier molecular flexibility index (Phi) is 5.88. The molecule has 29 heavy (non-hydrogen) atoms. The molecule has 0 bridgehead atoms. The maximum atomic E-state index is 12.7. The number of carbonyl (C=O) groups is 1. The van der Waals surface area contributed by atoms with Crippen molar-refractivity contribution in [2.45, 2.75) is 26.3 Å². The fraction of sp³-hybridized carbons (Fsp3) is 0.286. The van der Waals surface area contributed by atoms with E-state index in [0.29, 0.717) is 23.6 Å². The first-order valence-corrected chi connectivity index (χ1v) is 9.08. The van der Waals surface area contributed by atoms with Gasteiger partial charge in [0.05, 0.1) is 38.1 Å². The lowest BCUT2D eigenvalue weighted by Gasteiger charge is -2.27. The van der Waals surface area contributed by atoms with Crippen molar-refractivity contribution in [2.24, 2.45) is 5.73 Å². The van der Waals surface area contributed by atoms with Gasteiger partial charge in [0.25, 0.3) is 0 Å². The van der Waals surface area contributed by atoms with E-state index in [9.17, 15) is 10.1 Å². The van der Waals surface area contributed by atoms with E-state index >= 15 is 0 Å². The largest absolute Gasteiger partial charge is 0.496 e. The maximum Gasteiger partial charge on any atom is 0.338 e. The minimum atomic E-state index is -0.694. The lowest BCUT2D eigenvalue weighted by molar-refractivity contribution is -0.139. The number of methoxy groups -OCH3 is 1. The number of nitrogens with zero attached hydrogens (tertiary/aromatic N) is 3. The molecule has 0 saturated carbocycles. The van der Waals surface area contributed by atoms with Gasteiger partial charge in [-0.25, -0.2) is 9.78 Å². The zero-order chi connectivity index (χ0) is 21.0. The molecule has 0 fully saturated rings. The molecule has 0 spiro atoms. The van der Waals surface area contributed by atoms with Crippen LogP contribution in [0, 0.1) is 11.3 Å². The highest BCUT2D eigenvalue weighted by Gasteiger charge is 2.36. The number of nitriles is 1. The van der Waals surface area contributed by atoms with E-state index in [-0.39, 0.29) is 23.6 Å². The van der Waals surface area contributed by atoms with E-state index in [1.807, 2.05) is 22.9 Å². The number of rotatable bonds is 6. The molecule has 1 unspecified atom stereocenters. The summed E-state index contributed by atoms with van der Waals surface area (Å²) in [6, 6.07) is 7.59. The smallest absolute Gasteiger partial charge is 0.338 e. The Balaban J connectivity index is 2.12. The molecule has 2 N–H and O–H groups in total. The molecule has 1 aromatic heterocycles. The molecule has 2 aromatic rings. The number of allylic oxidation sites excluding steroid dienone is 2. The van der Waals surface area contributed by atoms with Crippen molar-refractivity contribution in [3.05, 3.63) is 70.8 Å². The van der Waals surface area contributed by atoms with E-state index < -0.39 is 11.9 Å². The van der Waals surface area contributed by atoms with Crippen LogP contribution in [0.15, 0.2) is 59.7 Å². The van der Waals surface area contributed by atoms with Crippen LogP contribution in [0.3, 0.4) is 0 Å². The molecule has 150 valence electrons. The number of ether oxygens (including phenoxy) is 3. The molecule has 0 saturated heterocycles. The van der Waals surface area contributed by atoms with E-state index in [4.69, 9.17) is 19.9 Å². The summed E-state index contributed by atoms with van der Waals surface area (Å²) in [5.41, 5.74) is 7.96. The molecule has 1 aliphatic rings. The Labute approximate surface area is 168 Å². The second-order valence-electron chi connectivity index (χ2n) is 6.42. The van der Waals surface area contributed by atoms with Gasteiger partial charge in [0, 0.05) is 18.0 Å². The van der Waals surface area contributed by atoms with Crippen LogP contribution in [0.4, 0.5) is 0 Å². The van der Waals surface area contributed by atoms with Crippen LogP contribution in [0.1, 0.15) is 30.9 Å². The van der Waals surface area contributed by atoms with Crippen LogP contribution < -0.4 is 10.5 Å². The average Bonchev–Trinajstić information content (AvgIpc) is 3.20. The third-order valence-corrected chi connectivity index (χ3v) is 4.65. The van der Waals surface area contributed by atoms with E-state index in [1.54, 1.807) is 39.5 Å². The first-order valence-electron chi connectivity index (χ1n) is 9.08. The molecule has 3 rings (SSSR count). The van der Waals surface area contributed by atoms with Gasteiger partial charge >= 0.3 is 5.97 Å². The fourth-order valence-corrected chi connectivity index (χ4v) is 3.37. The zero-order valence-electron chi connectivity index (χ0n) is 16.5. The number of hydrogen-bond donors (Lipinski definition) is 1. The maximum absolute atomic E-state index is 12.7. The van der Waals surface area contributed by atoms with Gasteiger partial charge in [-0.15, -0.1) is 0 Å². The third kappa shape index (κ3) is 3.94. The normalized spacial score (nSPS) is 16.3. The topological polar surface area (TPSA) is 112 Å². The molecule has 2 heterocycles. The number of esters is 1. The first kappa shape index (κ1) is 20.0. The van der Waals surface area contributed by atoms with Crippen molar-refractivity contribution < 1.29 is 19.0 Å². The molecule has 8 nitrogen and oxygen atoms in total. The van der Waals surface area contributed by atoms with Gasteiger partial charge in [-0.05, 0) is 31.5 Å². The number of hydrogen-bond acceptors (Lipinski definition) is 7. The van der Waals surface area contributed by atoms with Gasteiger partial charge in [-0.1, -0.05) is 6.07 Å². The predicted octanol–water partition coefficient (Wildman–Crippen LogP) is 2.58. The summed E-state index contributed by atoms with van der Waals surface area (Å²) in [5.74, 6) is -0.252. The molecule has 0 amide bonds. The van der Waals surface area contributed by atoms with Crippen LogP contribution >= 0.6 is 0 Å². The summed E-state index contributed by atoms with van der Waals surface area (Å²) in [4.78, 5) is 16.7. The van der Waals surface area contributed by atoms with Gasteiger partial charge in [0.2, 0.25) is 5.88 Å². The summed E-state index contributed by atoms with van der Waals surface area (Å²) in [7, 11) is 1.59. The summed E-state index contributed by atoms with van der Waals surface area (Å²) >= 11 is 0. The second kappa shape index (κ2) is 8.52. The Morgan fingerprint density at radius 3 is 2.86 bits per heavy atom. The SMILES string of the molecule is CCOC(=O)C1=C(C)OC(N)=C(C#N)C1c1ccc(OC)c(Cn2ccnc2)c1. The van der Waals surface area contributed by atoms with Crippen LogP contribution in [0.25, 0.3) is 0 Å². The molecule has 8 heteroatoms. The highest BCUT2D eigenvalue weighted by atomic mass is 16.5. The van der Waals surface area contributed by atoms with Crippen molar-refractivity contribution in [3.8, 4) is 11.8 Å².